The summed E-state index contributed by atoms with van der Waals surface area (Å²) in [6.07, 6.45) is 6.69. The molecular formula is C19H13N3O. The third-order valence-corrected chi connectivity index (χ3v) is 3.36. The van der Waals surface area contributed by atoms with E-state index in [-0.39, 0.29) is 5.78 Å². The zero-order valence-corrected chi connectivity index (χ0v) is 12.3. The van der Waals surface area contributed by atoms with Crippen LogP contribution < -0.4 is 0 Å². The largest absolute Gasteiger partial charge is 0.289 e. The van der Waals surface area contributed by atoms with Crippen LogP contribution in [-0.2, 0) is 0 Å². The van der Waals surface area contributed by atoms with Gasteiger partial charge >= 0.3 is 0 Å². The number of rotatable bonds is 4. The number of carbonyl (C=O) groups excluding carboxylic acids is 1. The molecule has 4 nitrogen and oxygen atoms in total. The summed E-state index contributed by atoms with van der Waals surface area (Å²) in [4.78, 5) is 12.5. The van der Waals surface area contributed by atoms with Crippen molar-refractivity contribution in [3.63, 3.8) is 0 Å². The van der Waals surface area contributed by atoms with Crippen molar-refractivity contribution in [2.75, 3.05) is 0 Å². The predicted molar refractivity (Wildman–Crippen MR) is 88.1 cm³/mol. The van der Waals surface area contributed by atoms with E-state index < -0.39 is 0 Å². The molecule has 1 aromatic heterocycles. The van der Waals surface area contributed by atoms with Gasteiger partial charge in [-0.25, -0.2) is 4.68 Å². The number of nitriles is 1. The summed E-state index contributed by atoms with van der Waals surface area (Å²) < 4.78 is 1.66. The maximum absolute atomic E-state index is 12.5. The molecule has 0 N–H and O–H groups in total. The zero-order valence-electron chi connectivity index (χ0n) is 12.3. The second kappa shape index (κ2) is 6.54. The quantitative estimate of drug-likeness (QED) is 0.546. The van der Waals surface area contributed by atoms with Crippen molar-refractivity contribution >= 4 is 11.9 Å². The highest BCUT2D eigenvalue weighted by molar-refractivity contribution is 6.09. The highest BCUT2D eigenvalue weighted by Gasteiger charge is 2.09. The fourth-order valence-electron chi connectivity index (χ4n) is 2.27. The van der Waals surface area contributed by atoms with Gasteiger partial charge in [-0.1, -0.05) is 30.3 Å². The van der Waals surface area contributed by atoms with Crippen LogP contribution in [0.1, 0.15) is 21.5 Å². The second-order valence-corrected chi connectivity index (χ2v) is 4.90. The molecule has 0 spiro atoms. The standard InChI is InChI=1S/C19H13N3O/c20-14-16-6-3-5-15(13-16)9-10-19(23)17-7-1-2-8-18(17)22-12-4-11-21-22/h1-13H/b10-9+. The van der Waals surface area contributed by atoms with Gasteiger partial charge in [-0.05, 0) is 42.0 Å². The van der Waals surface area contributed by atoms with Crippen molar-refractivity contribution < 1.29 is 4.79 Å². The highest BCUT2D eigenvalue weighted by atomic mass is 16.1. The van der Waals surface area contributed by atoms with Crippen LogP contribution in [0.15, 0.2) is 73.1 Å². The van der Waals surface area contributed by atoms with Crippen LogP contribution in [0.3, 0.4) is 0 Å². The van der Waals surface area contributed by atoms with Crippen LogP contribution in [0, 0.1) is 11.3 Å². The Labute approximate surface area is 133 Å². The van der Waals surface area contributed by atoms with Gasteiger partial charge in [0, 0.05) is 18.0 Å². The van der Waals surface area contributed by atoms with E-state index in [1.54, 1.807) is 47.4 Å². The normalized spacial score (nSPS) is 10.6. The van der Waals surface area contributed by atoms with Crippen LogP contribution in [0.4, 0.5) is 0 Å². The Morgan fingerprint density at radius 1 is 1.13 bits per heavy atom. The molecule has 0 saturated carbocycles. The van der Waals surface area contributed by atoms with E-state index in [4.69, 9.17) is 5.26 Å². The van der Waals surface area contributed by atoms with Gasteiger partial charge in [-0.15, -0.1) is 0 Å². The summed E-state index contributed by atoms with van der Waals surface area (Å²) in [6, 6.07) is 18.3. The summed E-state index contributed by atoms with van der Waals surface area (Å²) in [5, 5.41) is 13.1. The number of para-hydroxylation sites is 1. The van der Waals surface area contributed by atoms with Gasteiger partial charge in [-0.2, -0.15) is 10.4 Å². The fourth-order valence-corrected chi connectivity index (χ4v) is 2.27. The Hall–Kier alpha value is -3.45. The number of hydrogen-bond acceptors (Lipinski definition) is 3. The highest BCUT2D eigenvalue weighted by Crippen LogP contribution is 2.15. The summed E-state index contributed by atoms with van der Waals surface area (Å²) >= 11 is 0. The summed E-state index contributed by atoms with van der Waals surface area (Å²) in [6.45, 7) is 0. The maximum atomic E-state index is 12.5. The Balaban J connectivity index is 1.90. The Bertz CT molecular complexity index is 902. The Morgan fingerprint density at radius 3 is 2.78 bits per heavy atom. The molecule has 1 heterocycles. The second-order valence-electron chi connectivity index (χ2n) is 4.90. The average molecular weight is 299 g/mol. The van der Waals surface area contributed by atoms with Crippen LogP contribution >= 0.6 is 0 Å². The van der Waals surface area contributed by atoms with Gasteiger partial charge in [0.15, 0.2) is 5.78 Å². The number of carbonyl (C=O) groups is 1. The van der Waals surface area contributed by atoms with E-state index in [9.17, 15) is 4.79 Å². The minimum absolute atomic E-state index is 0.113. The van der Waals surface area contributed by atoms with Crippen LogP contribution in [0.25, 0.3) is 11.8 Å². The molecule has 0 saturated heterocycles. The molecule has 0 bridgehead atoms. The third kappa shape index (κ3) is 3.25. The van der Waals surface area contributed by atoms with Crippen molar-refractivity contribution in [3.8, 4) is 11.8 Å². The van der Waals surface area contributed by atoms with Crippen molar-refractivity contribution in [2.24, 2.45) is 0 Å². The van der Waals surface area contributed by atoms with Crippen molar-refractivity contribution in [1.82, 2.24) is 9.78 Å². The minimum Gasteiger partial charge on any atom is -0.289 e. The van der Waals surface area contributed by atoms with E-state index in [1.807, 2.05) is 30.3 Å². The number of nitrogens with zero attached hydrogens (tertiary/aromatic N) is 3. The molecule has 23 heavy (non-hydrogen) atoms. The predicted octanol–water partition coefficient (Wildman–Crippen LogP) is 3.64. The Morgan fingerprint density at radius 2 is 2.00 bits per heavy atom. The molecule has 0 amide bonds. The third-order valence-electron chi connectivity index (χ3n) is 3.36. The molecule has 0 aliphatic carbocycles. The number of ketones is 1. The number of allylic oxidation sites excluding steroid dienone is 1. The SMILES string of the molecule is N#Cc1cccc(/C=C/C(=O)c2ccccc2-n2cccn2)c1. The van der Waals surface area contributed by atoms with E-state index in [2.05, 4.69) is 11.2 Å². The van der Waals surface area contributed by atoms with Gasteiger partial charge in [0.25, 0.3) is 0 Å². The summed E-state index contributed by atoms with van der Waals surface area (Å²) in [5.41, 5.74) is 2.69. The molecule has 4 heteroatoms. The first-order valence-electron chi connectivity index (χ1n) is 7.09. The van der Waals surface area contributed by atoms with Gasteiger partial charge in [0.1, 0.15) is 0 Å². The molecule has 0 aliphatic heterocycles. The van der Waals surface area contributed by atoms with Crippen molar-refractivity contribution in [3.05, 3.63) is 89.8 Å². The Kier molecular flexibility index (Phi) is 4.12. The van der Waals surface area contributed by atoms with Crippen molar-refractivity contribution in [2.45, 2.75) is 0 Å². The molecule has 3 aromatic rings. The zero-order chi connectivity index (χ0) is 16.1. The lowest BCUT2D eigenvalue weighted by atomic mass is 10.1. The molecular weight excluding hydrogens is 286 g/mol. The molecule has 0 aliphatic rings. The van der Waals surface area contributed by atoms with E-state index in [0.29, 0.717) is 11.1 Å². The topological polar surface area (TPSA) is 58.7 Å². The molecule has 0 atom stereocenters. The van der Waals surface area contributed by atoms with Gasteiger partial charge in [0.2, 0.25) is 0 Å². The van der Waals surface area contributed by atoms with Gasteiger partial charge < -0.3 is 0 Å². The summed E-state index contributed by atoms with van der Waals surface area (Å²) in [7, 11) is 0. The molecule has 110 valence electrons. The van der Waals surface area contributed by atoms with Gasteiger partial charge in [0.05, 0.1) is 17.3 Å². The average Bonchev–Trinajstić information content (AvgIpc) is 3.14. The fraction of sp³-hybridized carbons (Fsp3) is 0. The van der Waals surface area contributed by atoms with E-state index in [0.717, 1.165) is 11.3 Å². The lowest BCUT2D eigenvalue weighted by molar-refractivity contribution is 0.104. The molecule has 0 fully saturated rings. The van der Waals surface area contributed by atoms with E-state index >= 15 is 0 Å². The number of aromatic nitrogens is 2. The molecule has 2 aromatic carbocycles. The maximum Gasteiger partial charge on any atom is 0.188 e. The first kappa shape index (κ1) is 14.5. The van der Waals surface area contributed by atoms with Gasteiger partial charge in [-0.3, -0.25) is 4.79 Å². The van der Waals surface area contributed by atoms with E-state index in [1.165, 1.54) is 6.08 Å². The lowest BCUT2D eigenvalue weighted by Gasteiger charge is -2.06. The number of benzene rings is 2. The van der Waals surface area contributed by atoms with Crippen LogP contribution in [0.2, 0.25) is 0 Å². The smallest absolute Gasteiger partial charge is 0.188 e. The lowest BCUT2D eigenvalue weighted by Crippen LogP contribution is -2.04. The number of hydrogen-bond donors (Lipinski definition) is 0. The minimum atomic E-state index is -0.113. The van der Waals surface area contributed by atoms with Crippen LogP contribution in [0.5, 0.6) is 0 Å². The first-order valence-corrected chi connectivity index (χ1v) is 7.09. The van der Waals surface area contributed by atoms with Crippen LogP contribution in [-0.4, -0.2) is 15.6 Å². The molecule has 0 radical (unpaired) electrons. The monoisotopic (exact) mass is 299 g/mol. The molecule has 3 rings (SSSR count). The van der Waals surface area contributed by atoms with Crippen molar-refractivity contribution in [1.29, 1.82) is 5.26 Å². The molecule has 0 unspecified atom stereocenters. The first-order chi connectivity index (χ1) is 11.3. The summed E-state index contributed by atoms with van der Waals surface area (Å²) in [5.74, 6) is -0.113.